The number of hydrogen-bond donors (Lipinski definition) is 1. The van der Waals surface area contributed by atoms with Gasteiger partial charge in [0.1, 0.15) is 11.6 Å². The largest absolute Gasteiger partial charge is 0.451 e. The highest BCUT2D eigenvalue weighted by Gasteiger charge is 2.16. The van der Waals surface area contributed by atoms with E-state index in [1.807, 2.05) is 61.0 Å². The minimum absolute atomic E-state index is 0.00763. The second kappa shape index (κ2) is 8.44. The average molecular weight is 413 g/mol. The number of Topliss-reactive ketones (excluding diaryl/α,β-unsaturated/α-hetero) is 1. The average Bonchev–Trinajstić information content (AvgIpc) is 3.43. The third-order valence-corrected chi connectivity index (χ3v) is 5.25. The highest BCUT2D eigenvalue weighted by atomic mass is 16.3. The molecule has 4 rings (SSSR count). The van der Waals surface area contributed by atoms with E-state index in [4.69, 9.17) is 4.42 Å². The number of amides is 1. The van der Waals surface area contributed by atoms with Gasteiger partial charge in [0.25, 0.3) is 5.91 Å². The van der Waals surface area contributed by atoms with Crippen LogP contribution in [0.3, 0.4) is 0 Å². The summed E-state index contributed by atoms with van der Waals surface area (Å²) in [6.45, 7) is 5.41. The molecule has 0 saturated heterocycles. The summed E-state index contributed by atoms with van der Waals surface area (Å²) in [7, 11) is 0. The molecule has 0 saturated carbocycles. The van der Waals surface area contributed by atoms with E-state index in [0.717, 1.165) is 22.6 Å². The molecule has 31 heavy (non-hydrogen) atoms. The first kappa shape index (κ1) is 20.3. The summed E-state index contributed by atoms with van der Waals surface area (Å²) in [6.07, 6.45) is 3.68. The molecule has 0 fully saturated rings. The van der Waals surface area contributed by atoms with Crippen LogP contribution in [0.15, 0.2) is 77.5 Å². The van der Waals surface area contributed by atoms with E-state index in [1.54, 1.807) is 30.5 Å². The number of rotatable bonds is 6. The molecule has 0 bridgehead atoms. The number of benzene rings is 2. The standard InChI is InChI=1S/C25H23N3O3/c1-16(19-8-10-22(11-9-19)28-15-14-26-18(28)3)27-25(30)24-13-12-23(31-24)21-6-4-20(5-7-21)17(2)29/h4-16H,1-3H3,(H,27,30). The molecule has 0 spiro atoms. The van der Waals surface area contributed by atoms with E-state index >= 15 is 0 Å². The van der Waals surface area contributed by atoms with Crippen LogP contribution in [-0.4, -0.2) is 21.2 Å². The lowest BCUT2D eigenvalue weighted by molar-refractivity contribution is 0.0912. The molecule has 0 radical (unpaired) electrons. The Bertz CT molecular complexity index is 1220. The second-order valence-electron chi connectivity index (χ2n) is 7.43. The van der Waals surface area contributed by atoms with Crippen LogP contribution in [-0.2, 0) is 0 Å². The molecular weight excluding hydrogens is 390 g/mol. The van der Waals surface area contributed by atoms with Crippen molar-refractivity contribution in [3.63, 3.8) is 0 Å². The van der Waals surface area contributed by atoms with Gasteiger partial charge in [0.2, 0.25) is 0 Å². The molecule has 156 valence electrons. The number of carbonyl (C=O) groups excluding carboxylic acids is 2. The van der Waals surface area contributed by atoms with Gasteiger partial charge in [-0.05, 0) is 50.6 Å². The first-order chi connectivity index (χ1) is 14.9. The van der Waals surface area contributed by atoms with Crippen LogP contribution in [0.2, 0.25) is 0 Å². The molecule has 6 heteroatoms. The van der Waals surface area contributed by atoms with Gasteiger partial charge in [0, 0.05) is 29.2 Å². The quantitative estimate of drug-likeness (QED) is 0.444. The maximum absolute atomic E-state index is 12.7. The second-order valence-corrected chi connectivity index (χ2v) is 7.43. The molecule has 0 aliphatic heterocycles. The minimum Gasteiger partial charge on any atom is -0.451 e. The number of nitrogens with one attached hydrogen (secondary N) is 1. The zero-order valence-electron chi connectivity index (χ0n) is 17.6. The molecule has 2 aromatic carbocycles. The van der Waals surface area contributed by atoms with E-state index in [1.165, 1.54) is 6.92 Å². The van der Waals surface area contributed by atoms with Crippen LogP contribution in [0.4, 0.5) is 0 Å². The number of nitrogens with zero attached hydrogens (tertiary/aromatic N) is 2. The summed E-state index contributed by atoms with van der Waals surface area (Å²) in [5, 5.41) is 2.97. The summed E-state index contributed by atoms with van der Waals surface area (Å²) < 4.78 is 7.74. The smallest absolute Gasteiger partial charge is 0.287 e. The first-order valence-corrected chi connectivity index (χ1v) is 10.0. The normalized spacial score (nSPS) is 11.8. The van der Waals surface area contributed by atoms with Crippen molar-refractivity contribution in [2.75, 3.05) is 0 Å². The first-order valence-electron chi connectivity index (χ1n) is 10.0. The fourth-order valence-corrected chi connectivity index (χ4v) is 3.41. The summed E-state index contributed by atoms with van der Waals surface area (Å²) in [6, 6.07) is 18.3. The number of carbonyl (C=O) groups is 2. The molecule has 2 aromatic heterocycles. The van der Waals surface area contributed by atoms with Crippen LogP contribution in [0.5, 0.6) is 0 Å². The molecule has 1 amide bonds. The SMILES string of the molecule is CC(=O)c1ccc(-c2ccc(C(=O)NC(C)c3ccc(-n4ccnc4C)cc3)o2)cc1. The number of hydrogen-bond acceptors (Lipinski definition) is 4. The Balaban J connectivity index is 1.43. The zero-order valence-corrected chi connectivity index (χ0v) is 17.6. The van der Waals surface area contributed by atoms with Crippen molar-refractivity contribution in [1.29, 1.82) is 0 Å². The fraction of sp³-hybridized carbons (Fsp3) is 0.160. The lowest BCUT2D eigenvalue weighted by Gasteiger charge is -2.14. The molecule has 2 heterocycles. The molecule has 1 N–H and O–H groups in total. The molecule has 1 unspecified atom stereocenters. The van der Waals surface area contributed by atoms with Gasteiger partial charge in [0.15, 0.2) is 11.5 Å². The van der Waals surface area contributed by atoms with E-state index in [0.29, 0.717) is 11.3 Å². The van der Waals surface area contributed by atoms with Gasteiger partial charge >= 0.3 is 0 Å². The minimum atomic E-state index is -0.284. The monoisotopic (exact) mass is 413 g/mol. The van der Waals surface area contributed by atoms with Crippen LogP contribution >= 0.6 is 0 Å². The van der Waals surface area contributed by atoms with Gasteiger partial charge in [-0.1, -0.05) is 36.4 Å². The Labute approximate surface area is 180 Å². The zero-order chi connectivity index (χ0) is 22.0. The molecular formula is C25H23N3O3. The van der Waals surface area contributed by atoms with Crippen molar-refractivity contribution in [2.45, 2.75) is 26.8 Å². The van der Waals surface area contributed by atoms with Crippen LogP contribution < -0.4 is 5.32 Å². The number of ketones is 1. The van der Waals surface area contributed by atoms with Gasteiger partial charge in [-0.3, -0.25) is 9.59 Å². The van der Waals surface area contributed by atoms with E-state index in [9.17, 15) is 9.59 Å². The van der Waals surface area contributed by atoms with Crippen LogP contribution in [0, 0.1) is 6.92 Å². The predicted octanol–water partition coefficient (Wildman–Crippen LogP) is 5.13. The third kappa shape index (κ3) is 4.33. The summed E-state index contributed by atoms with van der Waals surface area (Å²) in [5.74, 6) is 1.46. The molecule has 0 aliphatic rings. The Morgan fingerprint density at radius 3 is 2.32 bits per heavy atom. The van der Waals surface area contributed by atoms with Gasteiger partial charge in [-0.15, -0.1) is 0 Å². The van der Waals surface area contributed by atoms with E-state index < -0.39 is 0 Å². The Morgan fingerprint density at radius 1 is 1.00 bits per heavy atom. The predicted molar refractivity (Wildman–Crippen MR) is 118 cm³/mol. The van der Waals surface area contributed by atoms with Crippen LogP contribution in [0.1, 0.15) is 52.2 Å². The Hall–Kier alpha value is -3.93. The van der Waals surface area contributed by atoms with Crippen molar-refractivity contribution >= 4 is 11.7 Å². The molecule has 0 aliphatic carbocycles. The molecule has 4 aromatic rings. The maximum atomic E-state index is 12.7. The van der Waals surface area contributed by atoms with Gasteiger partial charge in [-0.25, -0.2) is 4.98 Å². The highest BCUT2D eigenvalue weighted by Crippen LogP contribution is 2.24. The van der Waals surface area contributed by atoms with Crippen molar-refractivity contribution in [2.24, 2.45) is 0 Å². The van der Waals surface area contributed by atoms with E-state index in [-0.39, 0.29) is 23.5 Å². The topological polar surface area (TPSA) is 77.1 Å². The number of aryl methyl sites for hydroxylation is 1. The number of aromatic nitrogens is 2. The lowest BCUT2D eigenvalue weighted by atomic mass is 10.1. The number of imidazole rings is 1. The summed E-state index contributed by atoms with van der Waals surface area (Å²) in [5.41, 5.74) is 3.45. The summed E-state index contributed by atoms with van der Waals surface area (Å²) >= 11 is 0. The van der Waals surface area contributed by atoms with E-state index in [2.05, 4.69) is 10.3 Å². The molecule has 1 atom stereocenters. The van der Waals surface area contributed by atoms with Crippen LogP contribution in [0.25, 0.3) is 17.0 Å². The Morgan fingerprint density at radius 2 is 1.71 bits per heavy atom. The van der Waals surface area contributed by atoms with Crippen molar-refractivity contribution in [3.8, 4) is 17.0 Å². The number of furan rings is 1. The van der Waals surface area contributed by atoms with Crippen molar-refractivity contribution in [1.82, 2.24) is 14.9 Å². The lowest BCUT2D eigenvalue weighted by Crippen LogP contribution is -2.26. The fourth-order valence-electron chi connectivity index (χ4n) is 3.41. The van der Waals surface area contributed by atoms with Crippen molar-refractivity contribution < 1.29 is 14.0 Å². The van der Waals surface area contributed by atoms with Crippen molar-refractivity contribution in [3.05, 3.63) is 95.8 Å². The highest BCUT2D eigenvalue weighted by molar-refractivity contribution is 5.94. The van der Waals surface area contributed by atoms with Gasteiger partial charge in [-0.2, -0.15) is 0 Å². The maximum Gasteiger partial charge on any atom is 0.287 e. The third-order valence-electron chi connectivity index (χ3n) is 5.25. The Kier molecular flexibility index (Phi) is 5.54. The molecule has 6 nitrogen and oxygen atoms in total. The summed E-state index contributed by atoms with van der Waals surface area (Å²) in [4.78, 5) is 28.3. The van der Waals surface area contributed by atoms with Gasteiger partial charge < -0.3 is 14.3 Å². The van der Waals surface area contributed by atoms with Gasteiger partial charge in [0.05, 0.1) is 6.04 Å².